The number of ketones is 1. The molecule has 2 saturated heterocycles. The molecule has 0 aromatic rings. The molecule has 4 aliphatic rings. The molecule has 2 aliphatic heterocycles. The maximum atomic E-state index is 13.1. The van der Waals surface area contributed by atoms with Crippen molar-refractivity contribution >= 4 is 11.8 Å². The number of carbonyl (C=O) groups excluding carboxylic acids is 2. The number of hydrogen-bond donors (Lipinski definition) is 0. The zero-order valence-corrected chi connectivity index (χ0v) is 18.6. The van der Waals surface area contributed by atoms with Gasteiger partial charge in [0.2, 0.25) is 0 Å². The third-order valence-electron chi connectivity index (χ3n) is 8.21. The van der Waals surface area contributed by atoms with Gasteiger partial charge in [-0.1, -0.05) is 46.1 Å². The molecule has 162 valence electrons. The largest absolute Gasteiger partial charge is 0.456 e. The minimum atomic E-state index is -0.703. The van der Waals surface area contributed by atoms with Crippen LogP contribution in [0, 0.1) is 29.6 Å². The lowest BCUT2D eigenvalue weighted by atomic mass is 9.70. The summed E-state index contributed by atoms with van der Waals surface area (Å²) in [6, 6.07) is 0. The van der Waals surface area contributed by atoms with Crippen molar-refractivity contribution in [2.24, 2.45) is 29.6 Å². The molecule has 6 atom stereocenters. The third kappa shape index (κ3) is 3.71. The van der Waals surface area contributed by atoms with Crippen molar-refractivity contribution in [2.75, 3.05) is 0 Å². The maximum absolute atomic E-state index is 13.1. The number of allylic oxidation sites excluding steroid dienone is 1. The van der Waals surface area contributed by atoms with E-state index in [2.05, 4.69) is 26.8 Å². The fourth-order valence-electron chi connectivity index (χ4n) is 6.94. The van der Waals surface area contributed by atoms with E-state index >= 15 is 0 Å². The topological polar surface area (TPSA) is 52.6 Å². The third-order valence-corrected chi connectivity index (χ3v) is 8.21. The zero-order chi connectivity index (χ0) is 20.8. The van der Waals surface area contributed by atoms with E-state index in [1.165, 1.54) is 32.1 Å². The highest BCUT2D eigenvalue weighted by Gasteiger charge is 2.70. The van der Waals surface area contributed by atoms with Crippen molar-refractivity contribution in [1.82, 2.24) is 0 Å². The smallest absolute Gasteiger partial charge is 0.330 e. The van der Waals surface area contributed by atoms with Crippen LogP contribution in [0.4, 0.5) is 0 Å². The van der Waals surface area contributed by atoms with Crippen molar-refractivity contribution in [1.29, 1.82) is 0 Å². The number of hydrogen-bond acceptors (Lipinski definition) is 4. The summed E-state index contributed by atoms with van der Waals surface area (Å²) in [7, 11) is 0. The summed E-state index contributed by atoms with van der Waals surface area (Å²) >= 11 is 0. The molecule has 0 amide bonds. The van der Waals surface area contributed by atoms with Gasteiger partial charge >= 0.3 is 5.97 Å². The highest BCUT2D eigenvalue weighted by Crippen LogP contribution is 2.60. The second-order valence-electron chi connectivity index (χ2n) is 10.8. The normalized spacial score (nSPS) is 42.6. The van der Waals surface area contributed by atoms with Gasteiger partial charge in [0.1, 0.15) is 17.3 Å². The molecular formula is C25H38O4. The standard InChI is InChI=1S/C25H38O4/c1-16(2)14-25-15-20(26)24(4,29-25)19-12-10-17(3)22(19)23(25)28-21(27)13-11-18-8-6-5-7-9-18/h11,13,16-19,22-23H,5-10,12,14-15H2,1-4H3/b13-11+. The molecule has 2 bridgehead atoms. The van der Waals surface area contributed by atoms with Crippen molar-refractivity contribution in [3.63, 3.8) is 0 Å². The van der Waals surface area contributed by atoms with E-state index < -0.39 is 11.2 Å². The van der Waals surface area contributed by atoms with Crippen molar-refractivity contribution in [3.8, 4) is 0 Å². The lowest BCUT2D eigenvalue weighted by Crippen LogP contribution is -2.60. The molecule has 4 fully saturated rings. The molecule has 4 rings (SSSR count). The Labute approximate surface area is 175 Å². The molecule has 4 nitrogen and oxygen atoms in total. The summed E-state index contributed by atoms with van der Waals surface area (Å²) in [5.74, 6) is 1.64. The fourth-order valence-corrected chi connectivity index (χ4v) is 6.94. The lowest BCUT2D eigenvalue weighted by molar-refractivity contribution is -0.246. The van der Waals surface area contributed by atoms with Crippen molar-refractivity contribution < 1.29 is 19.1 Å². The minimum absolute atomic E-state index is 0.160. The molecule has 2 saturated carbocycles. The van der Waals surface area contributed by atoms with Crippen LogP contribution in [0.1, 0.15) is 85.5 Å². The van der Waals surface area contributed by atoms with Crippen LogP contribution in [0.25, 0.3) is 0 Å². The number of carbonyl (C=O) groups is 2. The van der Waals surface area contributed by atoms with Gasteiger partial charge in [-0.3, -0.25) is 4.79 Å². The number of ether oxygens (including phenoxy) is 2. The molecular weight excluding hydrogens is 364 g/mol. The van der Waals surface area contributed by atoms with Gasteiger partial charge < -0.3 is 9.47 Å². The van der Waals surface area contributed by atoms with E-state index in [4.69, 9.17) is 9.47 Å². The van der Waals surface area contributed by atoms with Crippen LogP contribution in [0.2, 0.25) is 0 Å². The van der Waals surface area contributed by atoms with Crippen LogP contribution < -0.4 is 0 Å². The number of fused-ring (bicyclic) bond motifs is 4. The first-order valence-corrected chi connectivity index (χ1v) is 11.9. The van der Waals surface area contributed by atoms with Crippen LogP contribution in [0.15, 0.2) is 12.2 Å². The van der Waals surface area contributed by atoms with Gasteiger partial charge in [0, 0.05) is 24.3 Å². The molecule has 0 radical (unpaired) electrons. The highest BCUT2D eigenvalue weighted by molar-refractivity contribution is 5.91. The van der Waals surface area contributed by atoms with Gasteiger partial charge in [0.05, 0.1) is 0 Å². The monoisotopic (exact) mass is 402 g/mol. The molecule has 0 spiro atoms. The average molecular weight is 403 g/mol. The Morgan fingerprint density at radius 2 is 1.93 bits per heavy atom. The van der Waals surface area contributed by atoms with E-state index in [0.717, 1.165) is 19.3 Å². The highest BCUT2D eigenvalue weighted by atomic mass is 16.6. The summed E-state index contributed by atoms with van der Waals surface area (Å²) in [5.41, 5.74) is -1.36. The lowest BCUT2D eigenvalue weighted by Gasteiger charge is -2.51. The molecule has 0 aromatic carbocycles. The van der Waals surface area contributed by atoms with E-state index in [9.17, 15) is 9.59 Å². The summed E-state index contributed by atoms with van der Waals surface area (Å²) in [5, 5.41) is 0. The Balaban J connectivity index is 1.59. The quantitative estimate of drug-likeness (QED) is 0.466. The van der Waals surface area contributed by atoms with Gasteiger partial charge in [0.25, 0.3) is 0 Å². The molecule has 0 N–H and O–H groups in total. The first-order valence-electron chi connectivity index (χ1n) is 11.9. The van der Waals surface area contributed by atoms with Crippen LogP contribution in [0.3, 0.4) is 0 Å². The van der Waals surface area contributed by atoms with Crippen molar-refractivity contribution in [2.45, 2.75) is 103 Å². The molecule has 29 heavy (non-hydrogen) atoms. The average Bonchev–Trinajstić information content (AvgIpc) is 3.15. The molecule has 0 aromatic heterocycles. The molecule has 6 unspecified atom stereocenters. The molecule has 4 heteroatoms. The Morgan fingerprint density at radius 1 is 1.21 bits per heavy atom. The van der Waals surface area contributed by atoms with E-state index in [0.29, 0.717) is 24.2 Å². The minimum Gasteiger partial charge on any atom is -0.456 e. The Hall–Kier alpha value is -1.16. The number of rotatable bonds is 5. The molecule has 2 aliphatic carbocycles. The van der Waals surface area contributed by atoms with Crippen molar-refractivity contribution in [3.05, 3.63) is 12.2 Å². The maximum Gasteiger partial charge on any atom is 0.330 e. The first-order chi connectivity index (χ1) is 13.7. The van der Waals surface area contributed by atoms with E-state index in [1.807, 2.05) is 6.92 Å². The summed E-state index contributed by atoms with van der Waals surface area (Å²) in [6.45, 7) is 8.56. The molecule has 2 heterocycles. The van der Waals surface area contributed by atoms with Gasteiger partial charge in [-0.2, -0.15) is 0 Å². The second-order valence-corrected chi connectivity index (χ2v) is 10.8. The van der Waals surface area contributed by atoms with E-state index in [-0.39, 0.29) is 29.7 Å². The predicted octanol–water partition coefficient (Wildman–Crippen LogP) is 5.24. The Kier molecular flexibility index (Phi) is 5.69. The van der Waals surface area contributed by atoms with Crippen LogP contribution in [-0.2, 0) is 19.1 Å². The predicted molar refractivity (Wildman–Crippen MR) is 112 cm³/mol. The van der Waals surface area contributed by atoms with Crippen LogP contribution in [-0.4, -0.2) is 29.1 Å². The summed E-state index contributed by atoms with van der Waals surface area (Å²) in [6.07, 6.45) is 12.7. The van der Waals surface area contributed by atoms with Gasteiger partial charge in [-0.25, -0.2) is 4.79 Å². The van der Waals surface area contributed by atoms with Crippen LogP contribution >= 0.6 is 0 Å². The fraction of sp³-hybridized carbons (Fsp3) is 0.840. The Bertz CT molecular complexity index is 676. The SMILES string of the molecule is CC(C)CC12CC(=O)C(C)(O1)C1CCC(C)C1C2OC(=O)/C=C/C1CCCCC1. The van der Waals surface area contributed by atoms with Crippen LogP contribution in [0.5, 0.6) is 0 Å². The number of Topliss-reactive ketones (excluding diaryl/α,β-unsaturated/α-hetero) is 1. The van der Waals surface area contributed by atoms with Gasteiger partial charge in [-0.05, 0) is 56.8 Å². The van der Waals surface area contributed by atoms with Gasteiger partial charge in [0.15, 0.2) is 5.78 Å². The zero-order valence-electron chi connectivity index (χ0n) is 18.6. The Morgan fingerprint density at radius 3 is 2.62 bits per heavy atom. The van der Waals surface area contributed by atoms with E-state index in [1.54, 1.807) is 6.08 Å². The summed E-state index contributed by atoms with van der Waals surface area (Å²) < 4.78 is 12.8. The summed E-state index contributed by atoms with van der Waals surface area (Å²) in [4.78, 5) is 26.0. The number of esters is 1. The second kappa shape index (κ2) is 7.83. The van der Waals surface area contributed by atoms with Gasteiger partial charge in [-0.15, -0.1) is 0 Å². The first kappa shape index (κ1) is 21.1.